The first kappa shape index (κ1) is 25.6. The van der Waals surface area contributed by atoms with Crippen LogP contribution in [0.5, 0.6) is 11.5 Å². The molecule has 0 N–H and O–H groups in total. The Balaban J connectivity index is 2.98. The predicted octanol–water partition coefficient (Wildman–Crippen LogP) is 4.41. The summed E-state index contributed by atoms with van der Waals surface area (Å²) in [6.45, 7) is 4.40. The van der Waals surface area contributed by atoms with E-state index in [0.29, 0.717) is 6.42 Å². The molecule has 13 heteroatoms. The number of ether oxygens (including phenoxy) is 2. The zero-order chi connectivity index (χ0) is 22.2. The van der Waals surface area contributed by atoms with Gasteiger partial charge in [0.15, 0.2) is 11.5 Å². The largest absolute Gasteiger partial charge is 0.493 e. The highest BCUT2D eigenvalue weighted by molar-refractivity contribution is 7.53. The van der Waals surface area contributed by atoms with Crippen LogP contribution in [0.3, 0.4) is 0 Å². The van der Waals surface area contributed by atoms with Crippen molar-refractivity contribution in [1.82, 2.24) is 0 Å². The van der Waals surface area contributed by atoms with Gasteiger partial charge in [0.25, 0.3) is 5.69 Å². The quantitative estimate of drug-likeness (QED) is 0.182. The van der Waals surface area contributed by atoms with Gasteiger partial charge in [-0.3, -0.25) is 19.2 Å². The molecule has 3 unspecified atom stereocenters. The van der Waals surface area contributed by atoms with Crippen LogP contribution in [0.15, 0.2) is 12.1 Å². The highest BCUT2D eigenvalue weighted by atomic mass is 31.2. The van der Waals surface area contributed by atoms with Crippen LogP contribution < -0.4 is 9.47 Å². The lowest BCUT2D eigenvalue weighted by atomic mass is 10.1. The second kappa shape index (κ2) is 11.1. The third kappa shape index (κ3) is 8.04. The van der Waals surface area contributed by atoms with Crippen LogP contribution in [0.2, 0.25) is 0 Å². The van der Waals surface area contributed by atoms with Gasteiger partial charge in [-0.2, -0.15) is 0 Å². The smallest absolute Gasteiger partial charge is 0.327 e. The summed E-state index contributed by atoms with van der Waals surface area (Å²) < 4.78 is 54.5. The molecule has 0 fully saturated rings. The summed E-state index contributed by atoms with van der Waals surface area (Å²) in [6.07, 6.45) is -0.526. The van der Waals surface area contributed by atoms with Crippen LogP contribution in [-0.4, -0.2) is 52.8 Å². The lowest BCUT2D eigenvalue weighted by Gasteiger charge is -2.19. The Labute approximate surface area is 169 Å². The SMILES string of the molecule is COc1cc(C(C)OP(C)(=O)OC)c([N+](=O)[O-])cc1OCCCOP(C)(=O)OC. The van der Waals surface area contributed by atoms with Gasteiger partial charge in [0.2, 0.25) is 0 Å². The van der Waals surface area contributed by atoms with Crippen LogP contribution in [0.1, 0.15) is 25.0 Å². The molecule has 0 bridgehead atoms. The van der Waals surface area contributed by atoms with E-state index in [1.165, 1.54) is 53.7 Å². The normalized spacial score (nSPS) is 16.5. The molecule has 0 radical (unpaired) electrons. The van der Waals surface area contributed by atoms with Crippen molar-refractivity contribution in [2.75, 3.05) is 47.9 Å². The molecule has 11 nitrogen and oxygen atoms in total. The van der Waals surface area contributed by atoms with E-state index in [9.17, 15) is 19.2 Å². The molecule has 0 aromatic heterocycles. The Morgan fingerprint density at radius 2 is 1.66 bits per heavy atom. The van der Waals surface area contributed by atoms with Gasteiger partial charge in [-0.15, -0.1) is 0 Å². The van der Waals surface area contributed by atoms with Crippen LogP contribution in [0, 0.1) is 10.1 Å². The Kier molecular flexibility index (Phi) is 9.75. The highest BCUT2D eigenvalue weighted by Gasteiger charge is 2.28. The number of methoxy groups -OCH3 is 1. The van der Waals surface area contributed by atoms with E-state index in [2.05, 4.69) is 0 Å². The van der Waals surface area contributed by atoms with E-state index in [-0.39, 0.29) is 36.0 Å². The van der Waals surface area contributed by atoms with Gasteiger partial charge in [-0.05, 0) is 13.0 Å². The topological polar surface area (TPSA) is 133 Å². The van der Waals surface area contributed by atoms with Crippen molar-refractivity contribution >= 4 is 20.9 Å². The fourth-order valence-corrected chi connectivity index (χ4v) is 3.57. The van der Waals surface area contributed by atoms with Gasteiger partial charge in [0.05, 0.1) is 43.0 Å². The Hall–Kier alpha value is -1.48. The molecule has 0 aliphatic rings. The summed E-state index contributed by atoms with van der Waals surface area (Å²) >= 11 is 0. The van der Waals surface area contributed by atoms with Gasteiger partial charge in [0, 0.05) is 34.0 Å². The molecule has 0 aliphatic carbocycles. The van der Waals surface area contributed by atoms with Crippen LogP contribution in [0.4, 0.5) is 5.69 Å². The fourth-order valence-electron chi connectivity index (χ4n) is 2.23. The zero-order valence-corrected chi connectivity index (χ0v) is 19.1. The summed E-state index contributed by atoms with van der Waals surface area (Å²) in [6, 6.07) is 2.61. The molecule has 0 amide bonds. The molecule has 0 heterocycles. The van der Waals surface area contributed by atoms with Crippen molar-refractivity contribution in [1.29, 1.82) is 0 Å². The molecule has 1 aromatic carbocycles. The molecular formula is C16H27NO10P2. The number of rotatable bonds is 13. The molecule has 0 saturated carbocycles. The minimum absolute atomic E-state index is 0.123. The molecule has 0 aliphatic heterocycles. The lowest BCUT2D eigenvalue weighted by Crippen LogP contribution is -2.07. The fraction of sp³-hybridized carbons (Fsp3) is 0.625. The van der Waals surface area contributed by atoms with Gasteiger partial charge in [-0.25, -0.2) is 0 Å². The van der Waals surface area contributed by atoms with E-state index >= 15 is 0 Å². The van der Waals surface area contributed by atoms with E-state index in [1.807, 2.05) is 0 Å². The first-order chi connectivity index (χ1) is 13.5. The molecule has 1 aromatic rings. The standard InChI is InChI=1S/C16H27NO10P2/c1-12(27-29(6,21)24-4)13-10-15(22-2)16(11-14(13)17(18)19)25-8-7-9-26-28(5,20)23-3/h10-12H,7-9H2,1-6H3. The first-order valence-electron chi connectivity index (χ1n) is 8.55. The van der Waals surface area contributed by atoms with Crippen molar-refractivity contribution in [2.45, 2.75) is 19.4 Å². The average molecular weight is 455 g/mol. The summed E-state index contributed by atoms with van der Waals surface area (Å²) in [5.41, 5.74) is -0.119. The van der Waals surface area contributed by atoms with Crippen molar-refractivity contribution < 1.29 is 41.6 Å². The second-order valence-corrected chi connectivity index (χ2v) is 10.3. The van der Waals surface area contributed by atoms with E-state index < -0.39 is 26.2 Å². The minimum Gasteiger partial charge on any atom is -0.493 e. The summed E-state index contributed by atoms with van der Waals surface area (Å²) in [5, 5.41) is 11.5. The van der Waals surface area contributed by atoms with Crippen LogP contribution in [0.25, 0.3) is 0 Å². The second-order valence-electron chi connectivity index (χ2n) is 6.01. The van der Waals surface area contributed by atoms with E-state index in [0.717, 1.165) is 0 Å². The average Bonchev–Trinajstić information content (AvgIpc) is 2.66. The Morgan fingerprint density at radius 3 is 2.17 bits per heavy atom. The van der Waals surface area contributed by atoms with Gasteiger partial charge < -0.3 is 27.6 Å². The number of nitro benzene ring substituents is 1. The maximum absolute atomic E-state index is 12.1. The number of hydrogen-bond acceptors (Lipinski definition) is 10. The highest BCUT2D eigenvalue weighted by Crippen LogP contribution is 2.49. The third-order valence-electron chi connectivity index (χ3n) is 3.83. The molecule has 0 saturated heterocycles. The van der Waals surface area contributed by atoms with E-state index in [1.54, 1.807) is 0 Å². The maximum atomic E-state index is 12.1. The van der Waals surface area contributed by atoms with Crippen molar-refractivity contribution in [3.8, 4) is 11.5 Å². The monoisotopic (exact) mass is 455 g/mol. The number of nitro groups is 1. The number of benzene rings is 1. The summed E-state index contributed by atoms with van der Waals surface area (Å²) in [5.74, 6) is 0.386. The molecule has 0 spiro atoms. The van der Waals surface area contributed by atoms with E-state index in [4.69, 9.17) is 27.6 Å². The van der Waals surface area contributed by atoms with Gasteiger partial charge in [0.1, 0.15) is 0 Å². The van der Waals surface area contributed by atoms with Crippen molar-refractivity contribution in [3.63, 3.8) is 0 Å². The Morgan fingerprint density at radius 1 is 1.03 bits per heavy atom. The van der Waals surface area contributed by atoms with Gasteiger partial charge >= 0.3 is 15.2 Å². The van der Waals surface area contributed by atoms with Gasteiger partial charge in [-0.1, -0.05) is 0 Å². The molecule has 1 rings (SSSR count). The van der Waals surface area contributed by atoms with Crippen LogP contribution in [-0.2, 0) is 27.2 Å². The molecule has 166 valence electrons. The van der Waals surface area contributed by atoms with Crippen molar-refractivity contribution in [2.24, 2.45) is 0 Å². The predicted molar refractivity (Wildman–Crippen MR) is 106 cm³/mol. The molecule has 29 heavy (non-hydrogen) atoms. The summed E-state index contributed by atoms with van der Waals surface area (Å²) in [4.78, 5) is 10.9. The third-order valence-corrected chi connectivity index (χ3v) is 6.51. The summed E-state index contributed by atoms with van der Waals surface area (Å²) in [7, 11) is -2.53. The lowest BCUT2D eigenvalue weighted by molar-refractivity contribution is -0.386. The number of hydrogen-bond donors (Lipinski definition) is 0. The molecular weight excluding hydrogens is 428 g/mol. The maximum Gasteiger partial charge on any atom is 0.327 e. The number of nitrogens with zero attached hydrogens (tertiary/aromatic N) is 1. The first-order valence-corrected chi connectivity index (χ1v) is 12.5. The zero-order valence-electron chi connectivity index (χ0n) is 17.3. The van der Waals surface area contributed by atoms with Crippen LogP contribution >= 0.6 is 15.2 Å². The minimum atomic E-state index is -3.36. The van der Waals surface area contributed by atoms with Crippen molar-refractivity contribution in [3.05, 3.63) is 27.8 Å². The Bertz CT molecular complexity index is 800. The molecule has 3 atom stereocenters.